The number of halogens is 2. The normalized spacial score (nSPS) is 12.4. The predicted octanol–water partition coefficient (Wildman–Crippen LogP) is 4.79. The quantitative estimate of drug-likeness (QED) is 0.853. The molecule has 0 radical (unpaired) electrons. The molecule has 20 heavy (non-hydrogen) atoms. The lowest BCUT2D eigenvalue weighted by Crippen LogP contribution is -2.23. The average molecular weight is 292 g/mol. The molecule has 0 spiro atoms. The lowest BCUT2D eigenvalue weighted by Gasteiger charge is -2.21. The van der Waals surface area contributed by atoms with Crippen molar-refractivity contribution in [3.63, 3.8) is 0 Å². The van der Waals surface area contributed by atoms with Gasteiger partial charge in [0, 0.05) is 5.02 Å². The molecule has 0 saturated heterocycles. The summed E-state index contributed by atoms with van der Waals surface area (Å²) in [6, 6.07) is 10.9. The van der Waals surface area contributed by atoms with E-state index in [-0.39, 0.29) is 11.9 Å². The van der Waals surface area contributed by atoms with Crippen LogP contribution in [0.15, 0.2) is 36.4 Å². The first kappa shape index (κ1) is 15.0. The lowest BCUT2D eigenvalue weighted by molar-refractivity contribution is 0.600. The van der Waals surface area contributed by atoms with Crippen molar-refractivity contribution in [3.8, 4) is 0 Å². The van der Waals surface area contributed by atoms with Gasteiger partial charge in [0.15, 0.2) is 0 Å². The maximum atomic E-state index is 13.7. The van der Waals surface area contributed by atoms with Crippen LogP contribution in [-0.4, -0.2) is 6.54 Å². The summed E-state index contributed by atoms with van der Waals surface area (Å²) in [5.74, 6) is -0.200. The van der Waals surface area contributed by atoms with Gasteiger partial charge in [0.25, 0.3) is 0 Å². The van der Waals surface area contributed by atoms with Crippen molar-refractivity contribution in [1.82, 2.24) is 5.32 Å². The van der Waals surface area contributed by atoms with Crippen LogP contribution in [0.1, 0.15) is 35.2 Å². The summed E-state index contributed by atoms with van der Waals surface area (Å²) in [5, 5.41) is 4.14. The van der Waals surface area contributed by atoms with Gasteiger partial charge < -0.3 is 5.32 Å². The van der Waals surface area contributed by atoms with E-state index in [2.05, 4.69) is 5.32 Å². The summed E-state index contributed by atoms with van der Waals surface area (Å²) in [4.78, 5) is 0. The van der Waals surface area contributed by atoms with Crippen molar-refractivity contribution in [2.45, 2.75) is 26.8 Å². The van der Waals surface area contributed by atoms with E-state index in [1.807, 2.05) is 45.0 Å². The van der Waals surface area contributed by atoms with Gasteiger partial charge in [-0.2, -0.15) is 0 Å². The molecule has 2 rings (SSSR count). The Bertz CT molecular complexity index is 590. The molecule has 2 aromatic carbocycles. The Morgan fingerprint density at radius 3 is 2.50 bits per heavy atom. The number of aryl methyl sites for hydroxylation is 2. The average Bonchev–Trinajstić information content (AvgIpc) is 2.35. The molecule has 0 aromatic heterocycles. The zero-order chi connectivity index (χ0) is 14.7. The van der Waals surface area contributed by atoms with E-state index in [1.165, 1.54) is 0 Å². The zero-order valence-corrected chi connectivity index (χ0v) is 12.8. The van der Waals surface area contributed by atoms with Crippen molar-refractivity contribution in [2.24, 2.45) is 0 Å². The predicted molar refractivity (Wildman–Crippen MR) is 82.8 cm³/mol. The van der Waals surface area contributed by atoms with Gasteiger partial charge in [-0.15, -0.1) is 0 Å². The minimum Gasteiger partial charge on any atom is -0.307 e. The fourth-order valence-electron chi connectivity index (χ4n) is 2.51. The molecule has 1 atom stereocenters. The first-order chi connectivity index (χ1) is 9.51. The van der Waals surface area contributed by atoms with Crippen molar-refractivity contribution in [1.29, 1.82) is 0 Å². The Morgan fingerprint density at radius 2 is 1.90 bits per heavy atom. The van der Waals surface area contributed by atoms with Crippen LogP contribution in [0.3, 0.4) is 0 Å². The van der Waals surface area contributed by atoms with Crippen LogP contribution >= 0.6 is 11.6 Å². The van der Waals surface area contributed by atoms with Gasteiger partial charge in [0.2, 0.25) is 0 Å². The van der Waals surface area contributed by atoms with Gasteiger partial charge in [0.1, 0.15) is 5.82 Å². The van der Waals surface area contributed by atoms with Crippen LogP contribution in [0.25, 0.3) is 0 Å². The van der Waals surface area contributed by atoms with E-state index in [0.717, 1.165) is 33.8 Å². The van der Waals surface area contributed by atoms with Crippen molar-refractivity contribution in [3.05, 3.63) is 69.5 Å². The summed E-state index contributed by atoms with van der Waals surface area (Å²) < 4.78 is 13.7. The lowest BCUT2D eigenvalue weighted by atomic mass is 9.94. The molecule has 0 aliphatic rings. The first-order valence-corrected chi connectivity index (χ1v) is 7.15. The van der Waals surface area contributed by atoms with Crippen molar-refractivity contribution >= 4 is 11.6 Å². The van der Waals surface area contributed by atoms with Crippen LogP contribution < -0.4 is 5.32 Å². The molecule has 0 bridgehead atoms. The van der Waals surface area contributed by atoms with E-state index in [9.17, 15) is 4.39 Å². The molecule has 0 aliphatic carbocycles. The van der Waals surface area contributed by atoms with Gasteiger partial charge in [0.05, 0.1) is 6.04 Å². The molecule has 1 N–H and O–H groups in total. The second-order valence-corrected chi connectivity index (χ2v) is 5.49. The van der Waals surface area contributed by atoms with Crippen LogP contribution in [0.2, 0.25) is 5.02 Å². The summed E-state index contributed by atoms with van der Waals surface area (Å²) in [6.45, 7) is 6.79. The second-order valence-electron chi connectivity index (χ2n) is 5.05. The van der Waals surface area contributed by atoms with Gasteiger partial charge in [-0.1, -0.05) is 30.7 Å². The van der Waals surface area contributed by atoms with Crippen LogP contribution in [0.4, 0.5) is 4.39 Å². The highest BCUT2D eigenvalue weighted by Gasteiger charge is 2.16. The van der Waals surface area contributed by atoms with E-state index in [1.54, 1.807) is 12.1 Å². The smallest absolute Gasteiger partial charge is 0.123 e. The van der Waals surface area contributed by atoms with Crippen LogP contribution in [0, 0.1) is 19.7 Å². The summed E-state index contributed by atoms with van der Waals surface area (Å²) in [5.41, 5.74) is 4.09. The van der Waals surface area contributed by atoms with Crippen LogP contribution in [-0.2, 0) is 0 Å². The monoisotopic (exact) mass is 291 g/mol. The van der Waals surface area contributed by atoms with Gasteiger partial charge in [-0.25, -0.2) is 4.39 Å². The fraction of sp³-hybridized carbons (Fsp3) is 0.294. The van der Waals surface area contributed by atoms with E-state index in [0.29, 0.717) is 0 Å². The maximum absolute atomic E-state index is 13.7. The molecule has 0 fully saturated rings. The largest absolute Gasteiger partial charge is 0.307 e. The minimum absolute atomic E-state index is 0.0216. The highest BCUT2D eigenvalue weighted by Crippen LogP contribution is 2.28. The highest BCUT2D eigenvalue weighted by molar-refractivity contribution is 6.30. The molecule has 1 nitrogen and oxygen atoms in total. The number of nitrogens with one attached hydrogen (secondary N) is 1. The van der Waals surface area contributed by atoms with Gasteiger partial charge >= 0.3 is 0 Å². The minimum atomic E-state index is -0.200. The van der Waals surface area contributed by atoms with Crippen LogP contribution in [0.5, 0.6) is 0 Å². The third kappa shape index (κ3) is 3.38. The highest BCUT2D eigenvalue weighted by atomic mass is 35.5. The zero-order valence-electron chi connectivity index (χ0n) is 12.0. The third-order valence-corrected chi connectivity index (χ3v) is 3.58. The van der Waals surface area contributed by atoms with E-state index in [4.69, 9.17) is 11.6 Å². The van der Waals surface area contributed by atoms with E-state index < -0.39 is 0 Å². The Morgan fingerprint density at radius 1 is 1.15 bits per heavy atom. The Kier molecular flexibility index (Phi) is 4.79. The molecule has 3 heteroatoms. The summed E-state index contributed by atoms with van der Waals surface area (Å²) in [6.07, 6.45) is 0. The maximum Gasteiger partial charge on any atom is 0.123 e. The van der Waals surface area contributed by atoms with Crippen molar-refractivity contribution in [2.75, 3.05) is 6.54 Å². The topological polar surface area (TPSA) is 12.0 Å². The Balaban J connectivity index is 2.49. The Hall–Kier alpha value is -1.38. The summed E-state index contributed by atoms with van der Waals surface area (Å²) in [7, 11) is 0. The summed E-state index contributed by atoms with van der Waals surface area (Å²) >= 11 is 6.01. The molecule has 0 amide bonds. The third-order valence-electron chi connectivity index (χ3n) is 3.35. The molecule has 0 saturated carbocycles. The molecule has 0 aliphatic heterocycles. The van der Waals surface area contributed by atoms with Gasteiger partial charge in [-0.05, 0) is 66.9 Å². The van der Waals surface area contributed by atoms with E-state index >= 15 is 0 Å². The molecule has 1 unspecified atom stereocenters. The number of rotatable bonds is 4. The standard InChI is InChI=1S/C17H19ClFN/c1-4-20-17(13-7-11(2)8-15(19)10-13)16-6-5-14(18)9-12(16)3/h5-10,17,20H,4H2,1-3H3. The van der Waals surface area contributed by atoms with Crippen molar-refractivity contribution < 1.29 is 4.39 Å². The fourth-order valence-corrected chi connectivity index (χ4v) is 2.73. The molecular weight excluding hydrogens is 273 g/mol. The van der Waals surface area contributed by atoms with Gasteiger partial charge in [-0.3, -0.25) is 0 Å². The number of hydrogen-bond donors (Lipinski definition) is 1. The first-order valence-electron chi connectivity index (χ1n) is 6.77. The second kappa shape index (κ2) is 6.38. The number of hydrogen-bond acceptors (Lipinski definition) is 1. The molecule has 106 valence electrons. The molecule has 2 aromatic rings. The SMILES string of the molecule is CCNC(c1cc(C)cc(F)c1)c1ccc(Cl)cc1C. The Labute approximate surface area is 124 Å². The molecule has 0 heterocycles. The molecular formula is C17H19ClFN. The number of benzene rings is 2.